The Labute approximate surface area is 207 Å². The molecule has 3 unspecified atom stereocenters. The molecule has 0 spiro atoms. The number of likely N-dealkylation sites (N-methyl/N-ethyl adjacent to an activating group) is 1. The molecule has 178 valence electrons. The van der Waals surface area contributed by atoms with E-state index in [2.05, 4.69) is 69.3 Å². The third-order valence-corrected chi connectivity index (χ3v) is 8.40. The normalized spacial score (nSPS) is 28.9. The molecule has 8 heteroatoms. The van der Waals surface area contributed by atoms with Crippen molar-refractivity contribution < 1.29 is 0 Å². The number of nitrogens with one attached hydrogen (secondary N) is 1. The molecular weight excluding hydrogens is 455 g/mol. The van der Waals surface area contributed by atoms with Crippen LogP contribution in [0.1, 0.15) is 43.8 Å². The summed E-state index contributed by atoms with van der Waals surface area (Å²) in [6, 6.07) is 4.87. The summed E-state index contributed by atoms with van der Waals surface area (Å²) in [7, 11) is 6.54. The molecule has 2 fully saturated rings. The number of hydrogen-bond acceptors (Lipinski definition) is 6. The molecule has 4 aliphatic heterocycles. The maximum absolute atomic E-state index is 7.13. The van der Waals surface area contributed by atoms with E-state index in [1.54, 1.807) is 0 Å². The van der Waals surface area contributed by atoms with Gasteiger partial charge in [-0.05, 0) is 77.5 Å². The maximum Gasteiger partial charge on any atom is 0.133 e. The largest absolute Gasteiger partial charge is 0.361 e. The van der Waals surface area contributed by atoms with E-state index in [-0.39, 0.29) is 18.2 Å². The molecule has 2 saturated heterocycles. The van der Waals surface area contributed by atoms with E-state index < -0.39 is 0 Å². The molecular formula is C25H34Cl2N6. The van der Waals surface area contributed by atoms with Gasteiger partial charge in [0.05, 0.1) is 28.5 Å². The Balaban J connectivity index is 1.37. The van der Waals surface area contributed by atoms with Gasteiger partial charge in [0.15, 0.2) is 0 Å². The van der Waals surface area contributed by atoms with Gasteiger partial charge < -0.3 is 15.1 Å². The predicted molar refractivity (Wildman–Crippen MR) is 135 cm³/mol. The van der Waals surface area contributed by atoms with E-state index in [4.69, 9.17) is 23.2 Å². The second kappa shape index (κ2) is 9.49. The zero-order valence-corrected chi connectivity index (χ0v) is 21.2. The molecule has 0 amide bonds. The second-order valence-electron chi connectivity index (χ2n) is 9.75. The van der Waals surface area contributed by atoms with Gasteiger partial charge in [-0.1, -0.05) is 29.3 Å². The molecule has 1 N–H and O–H groups in total. The fourth-order valence-corrected chi connectivity index (χ4v) is 6.41. The first-order chi connectivity index (χ1) is 16.0. The lowest BCUT2D eigenvalue weighted by Crippen LogP contribution is -2.48. The summed E-state index contributed by atoms with van der Waals surface area (Å²) >= 11 is 13.7. The molecule has 1 aromatic rings. The van der Waals surface area contributed by atoms with E-state index in [1.165, 1.54) is 18.7 Å². The molecule has 0 aromatic carbocycles. The van der Waals surface area contributed by atoms with Crippen molar-refractivity contribution in [3.63, 3.8) is 0 Å². The maximum atomic E-state index is 7.13. The highest BCUT2D eigenvalue weighted by molar-refractivity contribution is 6.31. The summed E-state index contributed by atoms with van der Waals surface area (Å²) < 4.78 is 0. The molecule has 6 nitrogen and oxygen atoms in total. The van der Waals surface area contributed by atoms with Gasteiger partial charge in [0.2, 0.25) is 0 Å². The lowest BCUT2D eigenvalue weighted by molar-refractivity contribution is 0.129. The average molecular weight is 489 g/mol. The van der Waals surface area contributed by atoms with Crippen LogP contribution in [0.15, 0.2) is 53.2 Å². The topological polar surface area (TPSA) is 37.9 Å². The predicted octanol–water partition coefficient (Wildman–Crippen LogP) is 4.34. The van der Waals surface area contributed by atoms with Crippen LogP contribution in [0.3, 0.4) is 0 Å². The lowest BCUT2D eigenvalue weighted by atomic mass is 9.92. The van der Waals surface area contributed by atoms with Crippen molar-refractivity contribution in [3.05, 3.63) is 63.9 Å². The van der Waals surface area contributed by atoms with Gasteiger partial charge in [-0.3, -0.25) is 14.8 Å². The lowest BCUT2D eigenvalue weighted by Gasteiger charge is -2.42. The van der Waals surface area contributed by atoms with Gasteiger partial charge in [0.25, 0.3) is 0 Å². The first-order valence-corrected chi connectivity index (χ1v) is 12.8. The van der Waals surface area contributed by atoms with Gasteiger partial charge in [-0.15, -0.1) is 0 Å². The van der Waals surface area contributed by atoms with Crippen LogP contribution in [0.4, 0.5) is 0 Å². The summed E-state index contributed by atoms with van der Waals surface area (Å²) in [5.74, 6) is 1.20. The quantitative estimate of drug-likeness (QED) is 0.635. The highest BCUT2D eigenvalue weighted by Crippen LogP contribution is 2.41. The summed E-state index contributed by atoms with van der Waals surface area (Å²) in [5.41, 5.74) is 2.07. The Hall–Kier alpha value is -1.73. The number of piperidine rings is 2. The molecule has 0 aliphatic carbocycles. The Morgan fingerprint density at radius 3 is 2.58 bits per heavy atom. The van der Waals surface area contributed by atoms with E-state index in [0.29, 0.717) is 6.04 Å². The van der Waals surface area contributed by atoms with Crippen LogP contribution >= 0.6 is 23.2 Å². The van der Waals surface area contributed by atoms with Crippen molar-refractivity contribution >= 4 is 23.2 Å². The molecule has 5 rings (SSSR count). The molecule has 0 bridgehead atoms. The van der Waals surface area contributed by atoms with Crippen molar-refractivity contribution in [2.75, 3.05) is 34.2 Å². The number of halogens is 2. The molecule has 4 aliphatic rings. The summed E-state index contributed by atoms with van der Waals surface area (Å²) in [4.78, 5) is 14.1. The first kappa shape index (κ1) is 23.0. The standard InChI is InChI=1S/C25H34Cl2N6/c1-30(2)17-12-15-32(16-13-17)22-11-5-10-21-29-24(25(27)33(21)22)20-9-4-8-19(31(20)3)23-18(26)7-6-14-28-23/h5-7,10-11,14,17,19-21,29H,4,8-9,12-13,15-16H2,1-3H3. The van der Waals surface area contributed by atoms with Gasteiger partial charge in [-0.2, -0.15) is 0 Å². The minimum atomic E-state index is 0.0614. The van der Waals surface area contributed by atoms with Crippen molar-refractivity contribution in [1.29, 1.82) is 0 Å². The Bertz CT molecular complexity index is 965. The van der Waals surface area contributed by atoms with E-state index in [9.17, 15) is 0 Å². The van der Waals surface area contributed by atoms with Crippen LogP contribution in [0.5, 0.6) is 0 Å². The van der Waals surface area contributed by atoms with Crippen molar-refractivity contribution in [2.45, 2.75) is 56.4 Å². The number of nitrogens with zero attached hydrogens (tertiary/aromatic N) is 5. The number of rotatable bonds is 4. The van der Waals surface area contributed by atoms with Crippen LogP contribution in [-0.4, -0.2) is 77.1 Å². The fourth-order valence-electron chi connectivity index (χ4n) is 5.79. The molecule has 0 radical (unpaired) electrons. The summed E-state index contributed by atoms with van der Waals surface area (Å²) in [5, 5.41) is 5.29. The van der Waals surface area contributed by atoms with Crippen molar-refractivity contribution in [2.24, 2.45) is 0 Å². The number of pyridine rings is 1. The molecule has 33 heavy (non-hydrogen) atoms. The molecule has 5 heterocycles. The smallest absolute Gasteiger partial charge is 0.133 e. The van der Waals surface area contributed by atoms with Crippen molar-refractivity contribution in [1.82, 2.24) is 29.9 Å². The van der Waals surface area contributed by atoms with Crippen LogP contribution in [0.25, 0.3) is 0 Å². The van der Waals surface area contributed by atoms with Gasteiger partial charge >= 0.3 is 0 Å². The van der Waals surface area contributed by atoms with Crippen molar-refractivity contribution in [3.8, 4) is 0 Å². The zero-order chi connectivity index (χ0) is 23.1. The van der Waals surface area contributed by atoms with Crippen LogP contribution < -0.4 is 5.32 Å². The van der Waals surface area contributed by atoms with Crippen LogP contribution in [-0.2, 0) is 0 Å². The fraction of sp³-hybridized carbons (Fsp3) is 0.560. The molecule has 0 saturated carbocycles. The van der Waals surface area contributed by atoms with Crippen LogP contribution in [0, 0.1) is 0 Å². The van der Waals surface area contributed by atoms with E-state index >= 15 is 0 Å². The summed E-state index contributed by atoms with van der Waals surface area (Å²) in [6.45, 7) is 2.10. The van der Waals surface area contributed by atoms with Gasteiger partial charge in [0.1, 0.15) is 17.1 Å². The summed E-state index contributed by atoms with van der Waals surface area (Å²) in [6.07, 6.45) is 14.0. The molecule has 1 aromatic heterocycles. The Kier molecular flexibility index (Phi) is 6.62. The third-order valence-electron chi connectivity index (χ3n) is 7.69. The highest BCUT2D eigenvalue weighted by Gasteiger charge is 2.41. The third kappa shape index (κ3) is 4.27. The number of hydrogen-bond donors (Lipinski definition) is 1. The zero-order valence-electron chi connectivity index (χ0n) is 19.7. The van der Waals surface area contributed by atoms with Crippen LogP contribution in [0.2, 0.25) is 5.02 Å². The minimum Gasteiger partial charge on any atom is -0.361 e. The Morgan fingerprint density at radius 1 is 1.09 bits per heavy atom. The number of aromatic nitrogens is 1. The second-order valence-corrected chi connectivity index (χ2v) is 10.5. The number of likely N-dealkylation sites (tertiary alicyclic amines) is 2. The SMILES string of the molecule is CN(C)C1CCN(C2=CC=CC3NC(C4CCCC(c5ncccc5Cl)N4C)=C(Cl)N23)CC1. The highest BCUT2D eigenvalue weighted by atomic mass is 35.5. The monoisotopic (exact) mass is 488 g/mol. The van der Waals surface area contributed by atoms with E-state index in [1.807, 2.05) is 18.3 Å². The molecule has 3 atom stereocenters. The van der Waals surface area contributed by atoms with E-state index in [0.717, 1.165) is 53.9 Å². The minimum absolute atomic E-state index is 0.0614. The number of allylic oxidation sites excluding steroid dienone is 2. The Morgan fingerprint density at radius 2 is 1.85 bits per heavy atom. The van der Waals surface area contributed by atoms with Gasteiger partial charge in [-0.25, -0.2) is 0 Å². The first-order valence-electron chi connectivity index (χ1n) is 12.0. The number of fused-ring (bicyclic) bond motifs is 1. The van der Waals surface area contributed by atoms with Gasteiger partial charge in [0, 0.05) is 25.3 Å². The average Bonchev–Trinajstić information content (AvgIpc) is 3.16.